The molecule has 3 nitrogen and oxygen atoms in total. The van der Waals surface area contributed by atoms with Crippen LogP contribution in [0.5, 0.6) is 0 Å². The van der Waals surface area contributed by atoms with Crippen LogP contribution in [0.15, 0.2) is 23.8 Å². The minimum Gasteiger partial charge on any atom is -0.478 e. The molecule has 0 bridgehead atoms. The molecule has 0 aliphatic heterocycles. The third-order valence-electron chi connectivity index (χ3n) is 1.26. The fraction of sp³-hybridized carbons (Fsp3) is 0.250. The van der Waals surface area contributed by atoms with Crippen molar-refractivity contribution in [1.29, 1.82) is 5.26 Å². The summed E-state index contributed by atoms with van der Waals surface area (Å²) in [4.78, 5) is 10.3. The number of rotatable bonds is 3. The van der Waals surface area contributed by atoms with Crippen LogP contribution in [0.2, 0.25) is 0 Å². The third kappa shape index (κ3) is 2.67. The normalized spacial score (nSPS) is 11.3. The number of carboxylic acid groups (broad SMARTS) is 1. The van der Waals surface area contributed by atoms with Gasteiger partial charge in [-0.3, -0.25) is 0 Å². The highest BCUT2D eigenvalue weighted by Crippen LogP contribution is 2.07. The SMILES string of the molecule is C=CC/C(C#N)=C(/C)C(=O)O. The molecule has 0 aromatic carbocycles. The Labute approximate surface area is 65.3 Å². The molecule has 11 heavy (non-hydrogen) atoms. The van der Waals surface area contributed by atoms with Crippen molar-refractivity contribution in [3.05, 3.63) is 23.8 Å². The summed E-state index contributed by atoms with van der Waals surface area (Å²) in [6.07, 6.45) is 1.82. The quantitative estimate of drug-likeness (QED) is 0.377. The number of hydrogen-bond acceptors (Lipinski definition) is 2. The smallest absolute Gasteiger partial charge is 0.332 e. The summed E-state index contributed by atoms with van der Waals surface area (Å²) in [5.74, 6) is -1.05. The van der Waals surface area contributed by atoms with Gasteiger partial charge in [0.1, 0.15) is 0 Å². The molecule has 58 valence electrons. The maximum Gasteiger partial charge on any atom is 0.332 e. The molecule has 0 aromatic heterocycles. The molecular formula is C8H9NO2. The third-order valence-corrected chi connectivity index (χ3v) is 1.26. The molecule has 0 radical (unpaired) electrons. The molecule has 0 aromatic rings. The van der Waals surface area contributed by atoms with Gasteiger partial charge in [-0.2, -0.15) is 5.26 Å². The molecule has 0 saturated carbocycles. The fourth-order valence-electron chi connectivity index (χ4n) is 0.556. The van der Waals surface area contributed by atoms with Gasteiger partial charge in [0, 0.05) is 17.6 Å². The fourth-order valence-corrected chi connectivity index (χ4v) is 0.556. The number of aliphatic carboxylic acids is 1. The zero-order valence-electron chi connectivity index (χ0n) is 6.29. The van der Waals surface area contributed by atoms with Gasteiger partial charge in [-0.15, -0.1) is 6.58 Å². The van der Waals surface area contributed by atoms with Crippen LogP contribution in [-0.2, 0) is 4.79 Å². The van der Waals surface area contributed by atoms with E-state index in [1.807, 2.05) is 6.07 Å². The van der Waals surface area contributed by atoms with Crippen LogP contribution in [0, 0.1) is 11.3 Å². The van der Waals surface area contributed by atoms with Crippen molar-refractivity contribution in [1.82, 2.24) is 0 Å². The van der Waals surface area contributed by atoms with Crippen LogP contribution >= 0.6 is 0 Å². The van der Waals surface area contributed by atoms with E-state index in [9.17, 15) is 4.79 Å². The highest BCUT2D eigenvalue weighted by atomic mass is 16.4. The van der Waals surface area contributed by atoms with Crippen molar-refractivity contribution in [2.24, 2.45) is 0 Å². The van der Waals surface area contributed by atoms with Crippen LogP contribution in [-0.4, -0.2) is 11.1 Å². The number of hydrogen-bond donors (Lipinski definition) is 1. The Hall–Kier alpha value is -1.56. The Bertz CT molecular complexity index is 245. The molecule has 1 N–H and O–H groups in total. The molecule has 0 aliphatic rings. The van der Waals surface area contributed by atoms with Gasteiger partial charge in [0.05, 0.1) is 6.07 Å². The minimum absolute atomic E-state index is 0.0902. The second-order valence-corrected chi connectivity index (χ2v) is 2.01. The van der Waals surface area contributed by atoms with E-state index in [0.717, 1.165) is 0 Å². The largest absolute Gasteiger partial charge is 0.478 e. The van der Waals surface area contributed by atoms with E-state index in [-0.39, 0.29) is 11.1 Å². The lowest BCUT2D eigenvalue weighted by Gasteiger charge is -1.95. The van der Waals surface area contributed by atoms with Crippen molar-refractivity contribution in [2.75, 3.05) is 0 Å². The van der Waals surface area contributed by atoms with Gasteiger partial charge in [-0.25, -0.2) is 4.79 Å². The van der Waals surface area contributed by atoms with Crippen LogP contribution in [0.3, 0.4) is 0 Å². The highest BCUT2D eigenvalue weighted by Gasteiger charge is 2.06. The summed E-state index contributed by atoms with van der Waals surface area (Å²) in [6, 6.07) is 1.81. The van der Waals surface area contributed by atoms with E-state index < -0.39 is 5.97 Å². The summed E-state index contributed by atoms with van der Waals surface area (Å²) in [7, 11) is 0. The van der Waals surface area contributed by atoms with Crippen LogP contribution in [0.1, 0.15) is 13.3 Å². The maximum atomic E-state index is 10.3. The Kier molecular flexibility index (Phi) is 3.68. The van der Waals surface area contributed by atoms with E-state index >= 15 is 0 Å². The van der Waals surface area contributed by atoms with Gasteiger partial charge in [0.2, 0.25) is 0 Å². The lowest BCUT2D eigenvalue weighted by Crippen LogP contribution is -1.99. The lowest BCUT2D eigenvalue weighted by atomic mass is 10.1. The molecule has 0 atom stereocenters. The van der Waals surface area contributed by atoms with Crippen molar-refractivity contribution in [3.63, 3.8) is 0 Å². The Balaban J connectivity index is 4.71. The first kappa shape index (κ1) is 9.44. The average molecular weight is 151 g/mol. The number of nitrogens with zero attached hydrogens (tertiary/aromatic N) is 1. The van der Waals surface area contributed by atoms with E-state index in [2.05, 4.69) is 6.58 Å². The van der Waals surface area contributed by atoms with Crippen LogP contribution < -0.4 is 0 Å². The molecule has 0 amide bonds. The Morgan fingerprint density at radius 3 is 2.64 bits per heavy atom. The van der Waals surface area contributed by atoms with E-state index in [0.29, 0.717) is 6.42 Å². The first-order valence-electron chi connectivity index (χ1n) is 3.07. The number of nitriles is 1. The molecule has 0 rings (SSSR count). The van der Waals surface area contributed by atoms with E-state index in [1.165, 1.54) is 13.0 Å². The summed E-state index contributed by atoms with van der Waals surface area (Å²) in [5, 5.41) is 16.9. The average Bonchev–Trinajstić information content (AvgIpc) is 1.98. The van der Waals surface area contributed by atoms with E-state index in [1.54, 1.807) is 0 Å². The molecular weight excluding hydrogens is 142 g/mol. The lowest BCUT2D eigenvalue weighted by molar-refractivity contribution is -0.132. The highest BCUT2D eigenvalue weighted by molar-refractivity contribution is 5.87. The summed E-state index contributed by atoms with van der Waals surface area (Å²) < 4.78 is 0. The minimum atomic E-state index is -1.05. The first-order valence-corrected chi connectivity index (χ1v) is 3.07. The van der Waals surface area contributed by atoms with Gasteiger partial charge < -0.3 is 5.11 Å². The molecule has 0 spiro atoms. The molecule has 0 saturated heterocycles. The van der Waals surface area contributed by atoms with Crippen molar-refractivity contribution < 1.29 is 9.90 Å². The van der Waals surface area contributed by atoms with E-state index in [4.69, 9.17) is 10.4 Å². The standard InChI is InChI=1S/C8H9NO2/c1-3-4-7(5-9)6(2)8(10)11/h3H,1,4H2,2H3,(H,10,11)/b7-6+. The molecule has 0 heterocycles. The van der Waals surface area contributed by atoms with Gasteiger partial charge in [0.25, 0.3) is 0 Å². The predicted molar refractivity (Wildman–Crippen MR) is 40.8 cm³/mol. The molecule has 3 heteroatoms. The topological polar surface area (TPSA) is 61.1 Å². The van der Waals surface area contributed by atoms with Gasteiger partial charge in [-0.05, 0) is 6.92 Å². The van der Waals surface area contributed by atoms with Crippen LogP contribution in [0.25, 0.3) is 0 Å². The van der Waals surface area contributed by atoms with Gasteiger partial charge in [-0.1, -0.05) is 6.08 Å². The zero-order chi connectivity index (χ0) is 8.85. The summed E-state index contributed by atoms with van der Waals surface area (Å²) in [6.45, 7) is 4.82. The molecule has 0 unspecified atom stereocenters. The number of carboxylic acids is 1. The number of carbonyl (C=O) groups is 1. The van der Waals surface area contributed by atoms with Crippen molar-refractivity contribution >= 4 is 5.97 Å². The molecule has 0 fully saturated rings. The summed E-state index contributed by atoms with van der Waals surface area (Å²) >= 11 is 0. The van der Waals surface area contributed by atoms with Crippen LogP contribution in [0.4, 0.5) is 0 Å². The predicted octanol–water partition coefficient (Wildman–Crippen LogP) is 1.49. The summed E-state index contributed by atoms with van der Waals surface area (Å²) in [5.41, 5.74) is 0.347. The van der Waals surface area contributed by atoms with Crippen molar-refractivity contribution in [2.45, 2.75) is 13.3 Å². The second-order valence-electron chi connectivity index (χ2n) is 2.01. The molecule has 0 aliphatic carbocycles. The Morgan fingerprint density at radius 2 is 2.36 bits per heavy atom. The van der Waals surface area contributed by atoms with Gasteiger partial charge in [0.15, 0.2) is 0 Å². The number of allylic oxidation sites excluding steroid dienone is 2. The maximum absolute atomic E-state index is 10.3. The first-order chi connectivity index (χ1) is 5.13. The Morgan fingerprint density at radius 1 is 1.82 bits per heavy atom. The van der Waals surface area contributed by atoms with Gasteiger partial charge >= 0.3 is 5.97 Å². The van der Waals surface area contributed by atoms with Crippen molar-refractivity contribution in [3.8, 4) is 6.07 Å². The zero-order valence-corrected chi connectivity index (χ0v) is 6.29. The second kappa shape index (κ2) is 4.29. The monoisotopic (exact) mass is 151 g/mol.